The minimum atomic E-state index is -3.53. The second-order valence-corrected chi connectivity index (χ2v) is 7.38. The van der Waals surface area contributed by atoms with Gasteiger partial charge in [0.15, 0.2) is 5.71 Å². The number of morpholine rings is 1. The first-order valence-electron chi connectivity index (χ1n) is 7.94. The van der Waals surface area contributed by atoms with Crippen LogP contribution in [0.2, 0.25) is 0 Å². The molecule has 1 N–H and O–H groups in total. The number of nitrogens with zero attached hydrogens (tertiary/aromatic N) is 4. The van der Waals surface area contributed by atoms with Gasteiger partial charge in [-0.25, -0.2) is 8.42 Å². The van der Waals surface area contributed by atoms with Gasteiger partial charge in [0.25, 0.3) is 0 Å². The van der Waals surface area contributed by atoms with Crippen LogP contribution in [0.15, 0.2) is 58.7 Å². The SMILES string of the molecule is N#C/C(=N\Nc1ccc(S(=O)(=O)N2CCOCC2)cc1)c1ccccn1. The second kappa shape index (κ2) is 8.05. The Morgan fingerprint density at radius 2 is 1.92 bits per heavy atom. The average Bonchev–Trinajstić information content (AvgIpc) is 2.70. The van der Waals surface area contributed by atoms with Gasteiger partial charge < -0.3 is 4.74 Å². The number of nitriles is 1. The van der Waals surface area contributed by atoms with Crippen molar-refractivity contribution in [2.24, 2.45) is 5.10 Å². The lowest BCUT2D eigenvalue weighted by Crippen LogP contribution is -2.40. The number of hydrazone groups is 1. The molecule has 1 saturated heterocycles. The maximum absolute atomic E-state index is 12.6. The Labute approximate surface area is 151 Å². The molecule has 0 atom stereocenters. The van der Waals surface area contributed by atoms with E-state index >= 15 is 0 Å². The fraction of sp³-hybridized carbons (Fsp3) is 0.235. The minimum Gasteiger partial charge on any atom is -0.379 e. The molecule has 0 unspecified atom stereocenters. The van der Waals surface area contributed by atoms with Crippen LogP contribution < -0.4 is 5.43 Å². The Hall–Kier alpha value is -2.80. The second-order valence-electron chi connectivity index (χ2n) is 5.44. The largest absolute Gasteiger partial charge is 0.379 e. The van der Waals surface area contributed by atoms with Crippen molar-refractivity contribution in [3.05, 3.63) is 54.4 Å². The molecule has 0 aliphatic carbocycles. The van der Waals surface area contributed by atoms with E-state index in [2.05, 4.69) is 15.5 Å². The van der Waals surface area contributed by atoms with E-state index in [4.69, 9.17) is 4.74 Å². The normalized spacial score (nSPS) is 16.0. The molecule has 1 aromatic carbocycles. The Balaban J connectivity index is 1.73. The summed E-state index contributed by atoms with van der Waals surface area (Å²) in [5.41, 5.74) is 3.90. The number of sulfonamides is 1. The summed E-state index contributed by atoms with van der Waals surface area (Å²) in [5.74, 6) is 0. The first-order chi connectivity index (χ1) is 12.6. The predicted octanol–water partition coefficient (Wildman–Crippen LogP) is 1.44. The topological polar surface area (TPSA) is 108 Å². The Bertz CT molecular complexity index is 915. The predicted molar refractivity (Wildman–Crippen MR) is 96.0 cm³/mol. The lowest BCUT2D eigenvalue weighted by Gasteiger charge is -2.26. The van der Waals surface area contributed by atoms with E-state index in [-0.39, 0.29) is 10.6 Å². The summed E-state index contributed by atoms with van der Waals surface area (Å²) in [6.07, 6.45) is 1.58. The van der Waals surface area contributed by atoms with Gasteiger partial charge >= 0.3 is 0 Å². The third-order valence-corrected chi connectivity index (χ3v) is 5.69. The highest BCUT2D eigenvalue weighted by Crippen LogP contribution is 2.19. The van der Waals surface area contributed by atoms with E-state index in [1.54, 1.807) is 36.5 Å². The van der Waals surface area contributed by atoms with Crippen molar-refractivity contribution in [1.29, 1.82) is 5.26 Å². The number of pyridine rings is 1. The molecule has 2 aromatic rings. The average molecular weight is 371 g/mol. The molecule has 0 bridgehead atoms. The van der Waals surface area contributed by atoms with Crippen LogP contribution in [0.5, 0.6) is 0 Å². The van der Waals surface area contributed by atoms with Crippen molar-refractivity contribution < 1.29 is 13.2 Å². The van der Waals surface area contributed by atoms with Crippen LogP contribution in [-0.2, 0) is 14.8 Å². The number of benzene rings is 1. The van der Waals surface area contributed by atoms with E-state index in [0.29, 0.717) is 37.7 Å². The van der Waals surface area contributed by atoms with Crippen LogP contribution in [0, 0.1) is 11.3 Å². The molecule has 8 nitrogen and oxygen atoms in total. The number of anilines is 1. The Morgan fingerprint density at radius 3 is 2.54 bits per heavy atom. The van der Waals surface area contributed by atoms with Crippen molar-refractivity contribution in [3.8, 4) is 6.07 Å². The van der Waals surface area contributed by atoms with Crippen LogP contribution in [0.4, 0.5) is 5.69 Å². The van der Waals surface area contributed by atoms with Crippen molar-refractivity contribution in [2.45, 2.75) is 4.90 Å². The van der Waals surface area contributed by atoms with Crippen LogP contribution in [0.3, 0.4) is 0 Å². The van der Waals surface area contributed by atoms with Crippen LogP contribution in [0.25, 0.3) is 0 Å². The highest BCUT2D eigenvalue weighted by Gasteiger charge is 2.26. The summed E-state index contributed by atoms with van der Waals surface area (Å²) in [5, 5.41) is 13.2. The van der Waals surface area contributed by atoms with Crippen molar-refractivity contribution >= 4 is 21.4 Å². The molecule has 134 valence electrons. The highest BCUT2D eigenvalue weighted by atomic mass is 32.2. The van der Waals surface area contributed by atoms with E-state index < -0.39 is 10.0 Å². The number of nitrogens with one attached hydrogen (secondary N) is 1. The van der Waals surface area contributed by atoms with Gasteiger partial charge in [-0.3, -0.25) is 10.4 Å². The molecule has 0 saturated carbocycles. The molecule has 1 fully saturated rings. The van der Waals surface area contributed by atoms with E-state index in [1.807, 2.05) is 6.07 Å². The monoisotopic (exact) mass is 371 g/mol. The van der Waals surface area contributed by atoms with Gasteiger partial charge in [-0.05, 0) is 36.4 Å². The zero-order chi connectivity index (χ0) is 18.4. The van der Waals surface area contributed by atoms with Crippen molar-refractivity contribution in [3.63, 3.8) is 0 Å². The third-order valence-electron chi connectivity index (χ3n) is 3.77. The van der Waals surface area contributed by atoms with E-state index in [1.165, 1.54) is 16.4 Å². The smallest absolute Gasteiger partial charge is 0.243 e. The molecule has 0 spiro atoms. The lowest BCUT2D eigenvalue weighted by atomic mass is 10.2. The Morgan fingerprint density at radius 1 is 1.19 bits per heavy atom. The number of aromatic nitrogens is 1. The molecule has 9 heteroatoms. The molecule has 1 aromatic heterocycles. The van der Waals surface area contributed by atoms with E-state index in [9.17, 15) is 13.7 Å². The molecular weight excluding hydrogens is 354 g/mol. The maximum Gasteiger partial charge on any atom is 0.243 e. The van der Waals surface area contributed by atoms with Crippen molar-refractivity contribution in [2.75, 3.05) is 31.7 Å². The lowest BCUT2D eigenvalue weighted by molar-refractivity contribution is 0.0730. The molecule has 1 aliphatic rings. The fourth-order valence-electron chi connectivity index (χ4n) is 2.40. The van der Waals surface area contributed by atoms with Crippen LogP contribution in [-0.4, -0.2) is 49.7 Å². The highest BCUT2D eigenvalue weighted by molar-refractivity contribution is 7.89. The molecule has 26 heavy (non-hydrogen) atoms. The first kappa shape index (κ1) is 18.0. The maximum atomic E-state index is 12.6. The van der Waals surface area contributed by atoms with Gasteiger partial charge in [0.2, 0.25) is 10.0 Å². The molecule has 0 radical (unpaired) electrons. The van der Waals surface area contributed by atoms with Gasteiger partial charge in [-0.15, -0.1) is 0 Å². The van der Waals surface area contributed by atoms with Gasteiger partial charge in [-0.1, -0.05) is 6.07 Å². The molecular formula is C17H17N5O3S. The fourth-order valence-corrected chi connectivity index (χ4v) is 3.81. The summed E-state index contributed by atoms with van der Waals surface area (Å²) >= 11 is 0. The summed E-state index contributed by atoms with van der Waals surface area (Å²) in [6.45, 7) is 1.50. The number of ether oxygens (including phenoxy) is 1. The Kier molecular flexibility index (Phi) is 5.58. The van der Waals surface area contributed by atoms with Gasteiger partial charge in [0.1, 0.15) is 11.8 Å². The number of hydrogen-bond acceptors (Lipinski definition) is 7. The molecule has 3 rings (SSSR count). The standard InChI is InChI=1S/C17H17N5O3S/c18-13-17(16-3-1-2-8-19-16)21-20-14-4-6-15(7-5-14)26(23,24)22-9-11-25-12-10-22/h1-8,20H,9-12H2/b21-17+. The third kappa shape index (κ3) is 4.05. The minimum absolute atomic E-state index is 0.135. The zero-order valence-corrected chi connectivity index (χ0v) is 14.7. The zero-order valence-electron chi connectivity index (χ0n) is 13.9. The van der Waals surface area contributed by atoms with Gasteiger partial charge in [0, 0.05) is 19.3 Å². The quantitative estimate of drug-likeness (QED) is 0.629. The summed E-state index contributed by atoms with van der Waals surface area (Å²) in [7, 11) is -3.53. The van der Waals surface area contributed by atoms with Gasteiger partial charge in [0.05, 0.1) is 23.8 Å². The first-order valence-corrected chi connectivity index (χ1v) is 9.38. The van der Waals surface area contributed by atoms with Crippen LogP contribution in [0.1, 0.15) is 5.69 Å². The molecule has 2 heterocycles. The van der Waals surface area contributed by atoms with Crippen molar-refractivity contribution in [1.82, 2.24) is 9.29 Å². The summed E-state index contributed by atoms with van der Waals surface area (Å²) < 4.78 is 31.7. The summed E-state index contributed by atoms with van der Waals surface area (Å²) in [6, 6.07) is 13.4. The van der Waals surface area contributed by atoms with E-state index in [0.717, 1.165) is 0 Å². The number of rotatable bonds is 5. The number of hydrogen-bond donors (Lipinski definition) is 1. The summed E-state index contributed by atoms with van der Waals surface area (Å²) in [4.78, 5) is 4.28. The van der Waals surface area contributed by atoms with Gasteiger partial charge in [-0.2, -0.15) is 14.7 Å². The van der Waals surface area contributed by atoms with Crippen LogP contribution >= 0.6 is 0 Å². The molecule has 1 aliphatic heterocycles. The molecule has 0 amide bonds.